The van der Waals surface area contributed by atoms with E-state index in [0.29, 0.717) is 0 Å². The number of benzene rings is 1. The van der Waals surface area contributed by atoms with Crippen LogP contribution in [0.1, 0.15) is 69.6 Å². The Morgan fingerprint density at radius 2 is 1.52 bits per heavy atom. The summed E-state index contributed by atoms with van der Waals surface area (Å²) in [4.78, 5) is 0. The van der Waals surface area contributed by atoms with Crippen LogP contribution in [0.2, 0.25) is 0 Å². The van der Waals surface area contributed by atoms with Crippen LogP contribution >= 0.6 is 0 Å². The summed E-state index contributed by atoms with van der Waals surface area (Å²) in [5.41, 5.74) is 5.36. The van der Waals surface area contributed by atoms with Gasteiger partial charge in [0.05, 0.1) is 6.54 Å². The number of imidazole rings is 1. The Hall–Kier alpha value is -1.57. The van der Waals surface area contributed by atoms with Crippen LogP contribution in [0.3, 0.4) is 0 Å². The summed E-state index contributed by atoms with van der Waals surface area (Å²) < 4.78 is 4.58. The van der Waals surface area contributed by atoms with Gasteiger partial charge in [-0.05, 0) is 44.7 Å². The van der Waals surface area contributed by atoms with E-state index in [4.69, 9.17) is 0 Å². The Balaban J connectivity index is 0.00000264. The lowest BCUT2D eigenvalue weighted by Crippen LogP contribution is -2.30. The maximum atomic E-state index is 2.32. The molecule has 0 aliphatic heterocycles. The van der Waals surface area contributed by atoms with Gasteiger partial charge in [0.2, 0.25) is 6.33 Å². The van der Waals surface area contributed by atoms with E-state index in [1.165, 1.54) is 60.9 Å². The molecule has 0 amide bonds. The second kappa shape index (κ2) is 9.54. The van der Waals surface area contributed by atoms with E-state index in [1.807, 2.05) is 0 Å². The van der Waals surface area contributed by atoms with Crippen molar-refractivity contribution in [3.63, 3.8) is 0 Å². The molecule has 0 radical (unpaired) electrons. The first kappa shape index (κ1) is 19.5. The molecule has 2 aromatic rings. The van der Waals surface area contributed by atoms with Crippen molar-refractivity contribution >= 4 is 0 Å². The first-order chi connectivity index (χ1) is 10.6. The van der Waals surface area contributed by atoms with Crippen LogP contribution in [0.25, 0.3) is 5.69 Å². The van der Waals surface area contributed by atoms with Gasteiger partial charge >= 0.3 is 0 Å². The second-order valence-electron chi connectivity index (χ2n) is 6.57. The first-order valence-corrected chi connectivity index (χ1v) is 8.77. The van der Waals surface area contributed by atoms with Gasteiger partial charge in [0.1, 0.15) is 18.1 Å². The van der Waals surface area contributed by atoms with Crippen LogP contribution in [0.4, 0.5) is 0 Å². The molecule has 1 aromatic carbocycles. The molecular formula is C21H35N2+. The zero-order valence-corrected chi connectivity index (χ0v) is 14.7. The van der Waals surface area contributed by atoms with Crippen LogP contribution in [0.5, 0.6) is 0 Å². The van der Waals surface area contributed by atoms with E-state index in [2.05, 4.69) is 67.7 Å². The Bertz CT molecular complexity index is 573. The molecule has 0 aliphatic rings. The molecular weight excluding hydrogens is 280 g/mol. The maximum Gasteiger partial charge on any atom is 0.248 e. The molecule has 23 heavy (non-hydrogen) atoms. The zero-order valence-electron chi connectivity index (χ0n) is 14.7. The number of aryl methyl sites for hydroxylation is 4. The van der Waals surface area contributed by atoms with E-state index in [1.54, 1.807) is 0 Å². The third-order valence-corrected chi connectivity index (χ3v) is 4.35. The zero-order chi connectivity index (χ0) is 15.9. The summed E-state index contributed by atoms with van der Waals surface area (Å²) in [5.74, 6) is 0. The lowest BCUT2D eigenvalue weighted by molar-refractivity contribution is -0.696. The molecule has 0 bridgehead atoms. The highest BCUT2D eigenvalue weighted by Gasteiger charge is 2.12. The average Bonchev–Trinajstić information content (AvgIpc) is 2.90. The van der Waals surface area contributed by atoms with Crippen LogP contribution in [-0.4, -0.2) is 4.57 Å². The molecule has 128 valence electrons. The van der Waals surface area contributed by atoms with E-state index in [9.17, 15) is 0 Å². The largest absolute Gasteiger partial charge is 0.248 e. The predicted molar refractivity (Wildman–Crippen MR) is 100 cm³/mol. The van der Waals surface area contributed by atoms with Gasteiger partial charge in [-0.2, -0.15) is 0 Å². The minimum absolute atomic E-state index is 0. The molecule has 1 aromatic heterocycles. The third-order valence-electron chi connectivity index (χ3n) is 4.35. The summed E-state index contributed by atoms with van der Waals surface area (Å²) >= 11 is 0. The molecule has 2 rings (SSSR count). The Labute approximate surface area is 143 Å². The Morgan fingerprint density at radius 3 is 2.17 bits per heavy atom. The summed E-state index contributed by atoms with van der Waals surface area (Å²) in [6.45, 7) is 9.97. The van der Waals surface area contributed by atoms with Gasteiger partial charge in [-0.1, -0.05) is 57.7 Å². The molecule has 0 atom stereocenters. The van der Waals surface area contributed by atoms with E-state index < -0.39 is 0 Å². The summed E-state index contributed by atoms with van der Waals surface area (Å²) in [6.07, 6.45) is 14.7. The number of rotatable bonds is 8. The molecule has 0 unspecified atom stereocenters. The quantitative estimate of drug-likeness (QED) is 0.437. The number of unbranched alkanes of at least 4 members (excludes halogenated alkanes) is 5. The molecule has 0 saturated heterocycles. The number of hydrogen-bond acceptors (Lipinski definition) is 0. The van der Waals surface area contributed by atoms with Gasteiger partial charge in [0, 0.05) is 0 Å². The topological polar surface area (TPSA) is 8.81 Å². The molecule has 1 heterocycles. The first-order valence-electron chi connectivity index (χ1n) is 8.77. The highest BCUT2D eigenvalue weighted by atomic mass is 15.1. The normalized spacial score (nSPS) is 10.6. The molecule has 0 saturated carbocycles. The van der Waals surface area contributed by atoms with Crippen LogP contribution < -0.4 is 4.57 Å². The molecule has 0 fully saturated rings. The van der Waals surface area contributed by atoms with Gasteiger partial charge < -0.3 is 0 Å². The molecule has 0 N–H and O–H groups in total. The van der Waals surface area contributed by atoms with Crippen molar-refractivity contribution in [1.29, 1.82) is 0 Å². The monoisotopic (exact) mass is 315 g/mol. The standard InChI is InChI=1S/C20H31N2.CH4/c1-5-6-7-8-9-10-11-21-12-13-22(16-21)20-18(3)14-17(2)15-19(20)4;/h12-16H,5-11H2,1-4H3;1H4/q+1;. The minimum Gasteiger partial charge on any atom is -0.236 e. The van der Waals surface area contributed by atoms with Crippen molar-refractivity contribution in [2.75, 3.05) is 0 Å². The Morgan fingerprint density at radius 1 is 0.913 bits per heavy atom. The second-order valence-corrected chi connectivity index (χ2v) is 6.57. The maximum absolute atomic E-state index is 2.32. The lowest BCUT2D eigenvalue weighted by atomic mass is 10.1. The van der Waals surface area contributed by atoms with Crippen molar-refractivity contribution in [1.82, 2.24) is 4.57 Å². The highest BCUT2D eigenvalue weighted by molar-refractivity contribution is 5.48. The highest BCUT2D eigenvalue weighted by Crippen LogP contribution is 2.20. The predicted octanol–water partition coefficient (Wildman–Crippen LogP) is 5.69. The van der Waals surface area contributed by atoms with Gasteiger partial charge in [0.15, 0.2) is 0 Å². The van der Waals surface area contributed by atoms with Gasteiger partial charge in [-0.3, -0.25) is 0 Å². The van der Waals surface area contributed by atoms with Crippen molar-refractivity contribution in [3.05, 3.63) is 47.5 Å². The fraction of sp³-hybridized carbons (Fsp3) is 0.571. The number of aromatic nitrogens is 2. The average molecular weight is 316 g/mol. The van der Waals surface area contributed by atoms with Crippen molar-refractivity contribution < 1.29 is 4.57 Å². The lowest BCUT2D eigenvalue weighted by Gasteiger charge is -2.07. The van der Waals surface area contributed by atoms with Gasteiger partial charge in [0.25, 0.3) is 0 Å². The van der Waals surface area contributed by atoms with E-state index in [0.717, 1.165) is 6.54 Å². The van der Waals surface area contributed by atoms with E-state index >= 15 is 0 Å². The van der Waals surface area contributed by atoms with Crippen LogP contribution in [-0.2, 0) is 6.54 Å². The summed E-state index contributed by atoms with van der Waals surface area (Å²) in [6, 6.07) is 4.53. The molecule has 0 spiro atoms. The fourth-order valence-electron chi connectivity index (χ4n) is 3.31. The third kappa shape index (κ3) is 5.53. The summed E-state index contributed by atoms with van der Waals surface area (Å²) in [5, 5.41) is 0. The summed E-state index contributed by atoms with van der Waals surface area (Å²) in [7, 11) is 0. The van der Waals surface area contributed by atoms with Gasteiger partial charge in [-0.25, -0.2) is 9.13 Å². The van der Waals surface area contributed by atoms with Crippen molar-refractivity contribution in [2.24, 2.45) is 0 Å². The Kier molecular flexibility index (Phi) is 8.08. The van der Waals surface area contributed by atoms with Crippen molar-refractivity contribution in [3.8, 4) is 5.69 Å². The van der Waals surface area contributed by atoms with Gasteiger partial charge in [-0.15, -0.1) is 0 Å². The number of nitrogens with zero attached hydrogens (tertiary/aromatic N) is 2. The van der Waals surface area contributed by atoms with Crippen LogP contribution in [0, 0.1) is 20.8 Å². The molecule has 2 heteroatoms. The molecule has 0 aliphatic carbocycles. The fourth-order valence-corrected chi connectivity index (χ4v) is 3.31. The van der Waals surface area contributed by atoms with Crippen LogP contribution in [0.15, 0.2) is 30.9 Å². The number of hydrogen-bond donors (Lipinski definition) is 0. The van der Waals surface area contributed by atoms with Crippen molar-refractivity contribution in [2.45, 2.75) is 80.2 Å². The smallest absolute Gasteiger partial charge is 0.236 e. The van der Waals surface area contributed by atoms with E-state index in [-0.39, 0.29) is 7.43 Å². The minimum atomic E-state index is 0. The molecule has 2 nitrogen and oxygen atoms in total. The SMILES string of the molecule is C.CCCCCCCC[n+]1ccn(-c2c(C)cc(C)cc2C)c1.